The van der Waals surface area contributed by atoms with E-state index in [9.17, 15) is 4.79 Å². The Bertz CT molecular complexity index is 243. The summed E-state index contributed by atoms with van der Waals surface area (Å²) in [7, 11) is 0. The zero-order chi connectivity index (χ0) is 8.10. The Morgan fingerprint density at radius 2 is 2.00 bits per heavy atom. The molecule has 0 aromatic heterocycles. The Labute approximate surface area is 115 Å². The van der Waals surface area contributed by atoms with Gasteiger partial charge in [0.1, 0.15) is 0 Å². The van der Waals surface area contributed by atoms with Gasteiger partial charge in [0.05, 0.1) is 6.42 Å². The Morgan fingerprint density at radius 3 is 2.50 bits per heavy atom. The standard InChI is InChI=1S/C8H9NO2.K.H/c9-11-8(10)6-7-4-2-1-3-5-7;;/h1-5H,6,9H2;;/q;+1;-1. The van der Waals surface area contributed by atoms with Gasteiger partial charge in [-0.2, -0.15) is 5.90 Å². The summed E-state index contributed by atoms with van der Waals surface area (Å²) in [5.74, 6) is 4.25. The fraction of sp³-hybridized carbons (Fsp3) is 0.125. The number of hydrogen-bond acceptors (Lipinski definition) is 3. The Kier molecular flexibility index (Phi) is 6.93. The molecule has 0 saturated heterocycles. The summed E-state index contributed by atoms with van der Waals surface area (Å²) in [5, 5.41) is 0. The maximum atomic E-state index is 10.6. The van der Waals surface area contributed by atoms with Gasteiger partial charge in [-0.1, -0.05) is 30.3 Å². The molecule has 12 heavy (non-hydrogen) atoms. The molecule has 0 amide bonds. The first kappa shape index (κ1) is 12.3. The van der Waals surface area contributed by atoms with Crippen molar-refractivity contribution in [2.24, 2.45) is 5.90 Å². The molecule has 60 valence electrons. The summed E-state index contributed by atoms with van der Waals surface area (Å²) in [5.41, 5.74) is 0.906. The fourth-order valence-electron chi connectivity index (χ4n) is 0.804. The molecule has 0 aliphatic heterocycles. The number of hydrogen-bond donors (Lipinski definition) is 1. The van der Waals surface area contributed by atoms with Gasteiger partial charge in [-0.05, 0) is 5.56 Å². The number of benzene rings is 1. The minimum Gasteiger partial charge on any atom is -1.00 e. The minimum absolute atomic E-state index is 0. The zero-order valence-corrected chi connectivity index (χ0v) is 10.1. The molecule has 1 aromatic rings. The van der Waals surface area contributed by atoms with E-state index >= 15 is 0 Å². The van der Waals surface area contributed by atoms with E-state index in [4.69, 9.17) is 0 Å². The third-order valence-corrected chi connectivity index (χ3v) is 1.32. The summed E-state index contributed by atoms with van der Waals surface area (Å²) < 4.78 is 0. The molecule has 0 unspecified atom stereocenters. The van der Waals surface area contributed by atoms with E-state index in [1.54, 1.807) is 0 Å². The summed E-state index contributed by atoms with van der Waals surface area (Å²) in [6, 6.07) is 9.30. The van der Waals surface area contributed by atoms with Gasteiger partial charge in [0.15, 0.2) is 0 Å². The summed E-state index contributed by atoms with van der Waals surface area (Å²) >= 11 is 0. The van der Waals surface area contributed by atoms with Gasteiger partial charge in [0.25, 0.3) is 0 Å². The first-order valence-corrected chi connectivity index (χ1v) is 3.26. The van der Waals surface area contributed by atoms with Crippen LogP contribution in [0.5, 0.6) is 0 Å². The number of nitrogens with two attached hydrogens (primary N) is 1. The molecule has 1 aromatic carbocycles. The van der Waals surface area contributed by atoms with Gasteiger partial charge in [-0.25, -0.2) is 0 Å². The second kappa shape index (κ2) is 6.76. The molecular weight excluding hydrogens is 181 g/mol. The van der Waals surface area contributed by atoms with Gasteiger partial charge in [0.2, 0.25) is 0 Å². The number of rotatable bonds is 2. The Hall–Kier alpha value is 0.286. The van der Waals surface area contributed by atoms with Crippen LogP contribution in [0.2, 0.25) is 0 Å². The number of carbonyl (C=O) groups excluding carboxylic acids is 1. The molecule has 0 aliphatic rings. The molecule has 2 N–H and O–H groups in total. The van der Waals surface area contributed by atoms with Crippen molar-refractivity contribution in [3.63, 3.8) is 0 Å². The van der Waals surface area contributed by atoms with Crippen molar-refractivity contribution in [1.29, 1.82) is 0 Å². The van der Waals surface area contributed by atoms with Crippen LogP contribution < -0.4 is 57.3 Å². The number of carbonyl (C=O) groups is 1. The van der Waals surface area contributed by atoms with Crippen LogP contribution >= 0.6 is 0 Å². The van der Waals surface area contributed by atoms with Crippen LogP contribution in [0.25, 0.3) is 0 Å². The normalized spacial score (nSPS) is 8.42. The first-order chi connectivity index (χ1) is 5.33. The molecule has 0 heterocycles. The van der Waals surface area contributed by atoms with Crippen LogP contribution in [0.3, 0.4) is 0 Å². The van der Waals surface area contributed by atoms with E-state index < -0.39 is 5.97 Å². The monoisotopic (exact) mass is 191 g/mol. The van der Waals surface area contributed by atoms with Crippen LogP contribution in [0, 0.1) is 0 Å². The molecular formula is C8H10KNO2. The van der Waals surface area contributed by atoms with Crippen LogP contribution in [-0.2, 0) is 16.1 Å². The molecule has 0 atom stereocenters. The van der Waals surface area contributed by atoms with Gasteiger partial charge in [-0.15, -0.1) is 0 Å². The van der Waals surface area contributed by atoms with Gasteiger partial charge in [-0.3, -0.25) is 4.79 Å². The third kappa shape index (κ3) is 4.35. The topological polar surface area (TPSA) is 52.3 Å². The van der Waals surface area contributed by atoms with E-state index in [2.05, 4.69) is 10.7 Å². The molecule has 0 bridgehead atoms. The van der Waals surface area contributed by atoms with Gasteiger partial charge >= 0.3 is 57.4 Å². The van der Waals surface area contributed by atoms with Crippen LogP contribution in [0.15, 0.2) is 30.3 Å². The van der Waals surface area contributed by atoms with E-state index in [1.807, 2.05) is 30.3 Å². The Morgan fingerprint density at radius 1 is 1.42 bits per heavy atom. The minimum atomic E-state index is -0.420. The molecule has 0 radical (unpaired) electrons. The summed E-state index contributed by atoms with van der Waals surface area (Å²) in [6.07, 6.45) is 0.233. The second-order valence-corrected chi connectivity index (χ2v) is 2.15. The zero-order valence-electron chi connectivity index (χ0n) is 7.99. The van der Waals surface area contributed by atoms with Crippen LogP contribution in [0.4, 0.5) is 0 Å². The molecule has 0 saturated carbocycles. The SMILES string of the molecule is NOC(=O)Cc1ccccc1.[H-].[K+]. The van der Waals surface area contributed by atoms with E-state index in [1.165, 1.54) is 0 Å². The van der Waals surface area contributed by atoms with Gasteiger partial charge < -0.3 is 6.26 Å². The maximum Gasteiger partial charge on any atom is 1.00 e. The van der Waals surface area contributed by atoms with Crippen LogP contribution in [-0.4, -0.2) is 5.97 Å². The predicted molar refractivity (Wildman–Crippen MR) is 41.5 cm³/mol. The van der Waals surface area contributed by atoms with Crippen molar-refractivity contribution in [3.05, 3.63) is 35.9 Å². The van der Waals surface area contributed by atoms with Gasteiger partial charge in [0, 0.05) is 0 Å². The molecule has 0 aliphatic carbocycles. The molecule has 1 rings (SSSR count). The van der Waals surface area contributed by atoms with Crippen molar-refractivity contribution in [2.45, 2.75) is 6.42 Å². The van der Waals surface area contributed by atoms with Crippen molar-refractivity contribution >= 4 is 5.97 Å². The predicted octanol–water partition coefficient (Wildman–Crippen LogP) is -2.24. The van der Waals surface area contributed by atoms with Crippen molar-refractivity contribution < 1.29 is 62.4 Å². The third-order valence-electron chi connectivity index (χ3n) is 1.32. The second-order valence-electron chi connectivity index (χ2n) is 2.15. The average Bonchev–Trinajstić information content (AvgIpc) is 2.06. The largest absolute Gasteiger partial charge is 1.00 e. The van der Waals surface area contributed by atoms with Crippen molar-refractivity contribution in [1.82, 2.24) is 0 Å². The molecule has 3 nitrogen and oxygen atoms in total. The molecule has 4 heteroatoms. The average molecular weight is 191 g/mol. The smallest absolute Gasteiger partial charge is 1.00 e. The van der Waals surface area contributed by atoms with Crippen molar-refractivity contribution in [2.75, 3.05) is 0 Å². The quantitative estimate of drug-likeness (QED) is 0.425. The maximum absolute atomic E-state index is 10.6. The molecule has 0 fully saturated rings. The summed E-state index contributed by atoms with van der Waals surface area (Å²) in [6.45, 7) is 0. The van der Waals surface area contributed by atoms with Crippen molar-refractivity contribution in [3.8, 4) is 0 Å². The molecule has 0 spiro atoms. The summed E-state index contributed by atoms with van der Waals surface area (Å²) in [4.78, 5) is 14.6. The Balaban J connectivity index is 0. The fourth-order valence-corrected chi connectivity index (χ4v) is 0.804. The first-order valence-electron chi connectivity index (χ1n) is 3.26. The van der Waals surface area contributed by atoms with E-state index in [0.717, 1.165) is 5.56 Å². The van der Waals surface area contributed by atoms with Crippen LogP contribution in [0.1, 0.15) is 6.99 Å². The van der Waals surface area contributed by atoms with E-state index in [-0.39, 0.29) is 59.2 Å². The van der Waals surface area contributed by atoms with E-state index in [0.29, 0.717) is 0 Å².